The van der Waals surface area contributed by atoms with Gasteiger partial charge in [-0.25, -0.2) is 8.42 Å². The van der Waals surface area contributed by atoms with Gasteiger partial charge in [0.1, 0.15) is 0 Å². The number of thiocarbonyl (C=S) groups is 1. The van der Waals surface area contributed by atoms with Gasteiger partial charge in [-0.05, 0) is 13.8 Å². The molecule has 0 unspecified atom stereocenters. The molecule has 14 heavy (non-hydrogen) atoms. The van der Waals surface area contributed by atoms with Crippen LogP contribution in [-0.4, -0.2) is 35.0 Å². The summed E-state index contributed by atoms with van der Waals surface area (Å²) in [6.07, 6.45) is 0.00831. The molecular weight excluding hydrogens is 226 g/mol. The fourth-order valence-electron chi connectivity index (χ4n) is 0.623. The Balaban J connectivity index is 4.80. The molecule has 0 fully saturated rings. The SMILES string of the molecule is CC(C)(C(=O)O)S(=O)(=O)CCC(N)=S. The van der Waals surface area contributed by atoms with E-state index >= 15 is 0 Å². The van der Waals surface area contributed by atoms with Crippen LogP contribution in [0.5, 0.6) is 0 Å². The smallest absolute Gasteiger partial charge is 0.324 e. The van der Waals surface area contributed by atoms with Crippen molar-refractivity contribution < 1.29 is 18.3 Å². The van der Waals surface area contributed by atoms with Gasteiger partial charge in [0.25, 0.3) is 0 Å². The van der Waals surface area contributed by atoms with Gasteiger partial charge in [0.15, 0.2) is 14.6 Å². The van der Waals surface area contributed by atoms with Gasteiger partial charge in [0.2, 0.25) is 0 Å². The normalized spacial score (nSPS) is 12.4. The van der Waals surface area contributed by atoms with Crippen molar-refractivity contribution in [1.29, 1.82) is 0 Å². The van der Waals surface area contributed by atoms with Crippen LogP contribution in [0.1, 0.15) is 20.3 Å². The molecule has 3 N–H and O–H groups in total. The van der Waals surface area contributed by atoms with E-state index in [0.29, 0.717) is 0 Å². The Morgan fingerprint density at radius 3 is 2.21 bits per heavy atom. The summed E-state index contributed by atoms with van der Waals surface area (Å²) < 4.78 is 21.2. The first-order chi connectivity index (χ1) is 6.11. The highest BCUT2D eigenvalue weighted by Gasteiger charge is 2.41. The molecule has 0 spiro atoms. The first kappa shape index (κ1) is 13.3. The quantitative estimate of drug-likeness (QED) is 0.652. The van der Waals surface area contributed by atoms with Crippen molar-refractivity contribution in [3.63, 3.8) is 0 Å². The van der Waals surface area contributed by atoms with Crippen molar-refractivity contribution in [2.75, 3.05) is 5.75 Å². The van der Waals surface area contributed by atoms with Crippen molar-refractivity contribution in [3.8, 4) is 0 Å². The minimum atomic E-state index is -3.72. The zero-order valence-electron chi connectivity index (χ0n) is 7.98. The average Bonchev–Trinajstić information content (AvgIpc) is 2.00. The molecule has 0 radical (unpaired) electrons. The van der Waals surface area contributed by atoms with Gasteiger partial charge in [-0.15, -0.1) is 0 Å². The maximum Gasteiger partial charge on any atom is 0.324 e. The summed E-state index contributed by atoms with van der Waals surface area (Å²) in [5, 5.41) is 8.70. The standard InChI is InChI=1S/C7H13NO4S2/c1-7(2,6(9)10)14(11,12)4-3-5(8)13/h3-4H2,1-2H3,(H2,8,13)(H,9,10). The van der Waals surface area contributed by atoms with E-state index in [4.69, 9.17) is 10.8 Å². The largest absolute Gasteiger partial charge is 0.480 e. The third-order valence-electron chi connectivity index (χ3n) is 1.91. The summed E-state index contributed by atoms with van der Waals surface area (Å²) >= 11 is 4.52. The number of carbonyl (C=O) groups is 1. The summed E-state index contributed by atoms with van der Waals surface area (Å²) in [6, 6.07) is 0. The third-order valence-corrected chi connectivity index (χ3v) is 4.59. The van der Waals surface area contributed by atoms with Gasteiger partial charge in [-0.3, -0.25) is 4.79 Å². The Bertz CT molecular complexity index is 345. The van der Waals surface area contributed by atoms with Crippen LogP contribution in [0.4, 0.5) is 0 Å². The average molecular weight is 239 g/mol. The maximum absolute atomic E-state index is 11.5. The molecule has 0 heterocycles. The van der Waals surface area contributed by atoms with E-state index in [1.165, 1.54) is 0 Å². The zero-order valence-corrected chi connectivity index (χ0v) is 9.61. The van der Waals surface area contributed by atoms with Gasteiger partial charge in [-0.2, -0.15) is 0 Å². The van der Waals surface area contributed by atoms with E-state index in [1.54, 1.807) is 0 Å². The van der Waals surface area contributed by atoms with E-state index < -0.39 is 20.6 Å². The molecule has 0 rings (SSSR count). The predicted octanol–water partition coefficient (Wildman–Crippen LogP) is -0.0594. The minimum absolute atomic E-state index is 0.00831. The Labute approximate surface area is 88.2 Å². The molecule has 0 aromatic heterocycles. The Morgan fingerprint density at radius 2 is 1.93 bits per heavy atom. The van der Waals surface area contributed by atoms with Crippen molar-refractivity contribution in [1.82, 2.24) is 0 Å². The summed E-state index contributed by atoms with van der Waals surface area (Å²) in [5.74, 6) is -1.71. The molecule has 5 nitrogen and oxygen atoms in total. The van der Waals surface area contributed by atoms with Crippen LogP contribution in [-0.2, 0) is 14.6 Å². The Morgan fingerprint density at radius 1 is 1.50 bits per heavy atom. The van der Waals surface area contributed by atoms with E-state index in [-0.39, 0.29) is 17.2 Å². The minimum Gasteiger partial charge on any atom is -0.480 e. The Kier molecular flexibility index (Phi) is 4.01. The van der Waals surface area contributed by atoms with E-state index in [1.807, 2.05) is 0 Å². The second-order valence-electron chi connectivity index (χ2n) is 3.35. The number of rotatable bonds is 5. The first-order valence-corrected chi connectivity index (χ1v) is 5.91. The van der Waals surface area contributed by atoms with Crippen LogP contribution in [0, 0.1) is 0 Å². The number of carboxylic acid groups (broad SMARTS) is 1. The molecule has 0 aliphatic rings. The van der Waals surface area contributed by atoms with Crippen LogP contribution < -0.4 is 5.73 Å². The summed E-state index contributed by atoms with van der Waals surface area (Å²) in [5.41, 5.74) is 5.14. The molecule has 0 saturated heterocycles. The molecule has 0 aliphatic carbocycles. The molecule has 0 amide bonds. The van der Waals surface area contributed by atoms with Crippen LogP contribution >= 0.6 is 12.2 Å². The second kappa shape index (κ2) is 4.22. The van der Waals surface area contributed by atoms with Crippen molar-refractivity contribution in [2.45, 2.75) is 25.0 Å². The number of sulfone groups is 1. The molecule has 0 saturated carbocycles. The number of hydrogen-bond donors (Lipinski definition) is 2. The highest BCUT2D eigenvalue weighted by molar-refractivity contribution is 7.93. The zero-order chi connectivity index (χ0) is 11.6. The second-order valence-corrected chi connectivity index (χ2v) is 6.53. The lowest BCUT2D eigenvalue weighted by molar-refractivity contribution is -0.139. The highest BCUT2D eigenvalue weighted by Crippen LogP contribution is 2.18. The number of carboxylic acids is 1. The third kappa shape index (κ3) is 2.91. The highest BCUT2D eigenvalue weighted by atomic mass is 32.2. The molecule has 0 bridgehead atoms. The van der Waals surface area contributed by atoms with Crippen molar-refractivity contribution >= 4 is 33.0 Å². The lowest BCUT2D eigenvalue weighted by atomic mass is 10.2. The van der Waals surface area contributed by atoms with E-state index in [2.05, 4.69) is 12.2 Å². The maximum atomic E-state index is 11.5. The molecule has 0 aromatic rings. The molecule has 82 valence electrons. The van der Waals surface area contributed by atoms with Gasteiger partial charge in [0.05, 0.1) is 10.7 Å². The summed E-state index contributed by atoms with van der Waals surface area (Å²) in [6.45, 7) is 2.29. The molecular formula is C7H13NO4S2. The van der Waals surface area contributed by atoms with Gasteiger partial charge >= 0.3 is 5.97 Å². The van der Waals surface area contributed by atoms with E-state index in [0.717, 1.165) is 13.8 Å². The van der Waals surface area contributed by atoms with Crippen molar-refractivity contribution in [2.24, 2.45) is 5.73 Å². The summed E-state index contributed by atoms with van der Waals surface area (Å²) in [4.78, 5) is 10.7. The number of aliphatic carboxylic acids is 1. The topological polar surface area (TPSA) is 97.5 Å². The van der Waals surface area contributed by atoms with Crippen LogP contribution in [0.3, 0.4) is 0 Å². The Hall–Kier alpha value is -0.690. The molecule has 0 atom stereocenters. The molecule has 0 aromatic carbocycles. The monoisotopic (exact) mass is 239 g/mol. The lowest BCUT2D eigenvalue weighted by Crippen LogP contribution is -2.42. The van der Waals surface area contributed by atoms with Crippen molar-refractivity contribution in [3.05, 3.63) is 0 Å². The fourth-order valence-corrected chi connectivity index (χ4v) is 2.12. The van der Waals surface area contributed by atoms with Crippen LogP contribution in [0.25, 0.3) is 0 Å². The number of nitrogens with two attached hydrogens (primary N) is 1. The van der Waals surface area contributed by atoms with Gasteiger partial charge in [-0.1, -0.05) is 12.2 Å². The molecule has 0 aliphatic heterocycles. The van der Waals surface area contributed by atoms with Crippen LogP contribution in [0.15, 0.2) is 0 Å². The van der Waals surface area contributed by atoms with Gasteiger partial charge < -0.3 is 10.8 Å². The number of hydrogen-bond acceptors (Lipinski definition) is 4. The first-order valence-electron chi connectivity index (χ1n) is 3.85. The summed E-state index contributed by atoms with van der Waals surface area (Å²) in [7, 11) is -3.72. The van der Waals surface area contributed by atoms with Gasteiger partial charge in [0, 0.05) is 6.42 Å². The molecule has 7 heteroatoms. The van der Waals surface area contributed by atoms with E-state index in [9.17, 15) is 13.2 Å². The lowest BCUT2D eigenvalue weighted by Gasteiger charge is -2.19. The van der Waals surface area contributed by atoms with Crippen LogP contribution in [0.2, 0.25) is 0 Å². The fraction of sp³-hybridized carbons (Fsp3) is 0.714. The predicted molar refractivity (Wildman–Crippen MR) is 56.9 cm³/mol.